The van der Waals surface area contributed by atoms with E-state index in [9.17, 15) is 0 Å². The molecule has 0 saturated carbocycles. The van der Waals surface area contributed by atoms with Crippen LogP contribution in [0.2, 0.25) is 0 Å². The van der Waals surface area contributed by atoms with Crippen LogP contribution in [0, 0.1) is 0 Å². The van der Waals surface area contributed by atoms with Crippen molar-refractivity contribution in [2.24, 2.45) is 0 Å². The molecule has 12 heavy (non-hydrogen) atoms. The van der Waals surface area contributed by atoms with Gasteiger partial charge in [-0.25, -0.2) is 0 Å². The molecule has 0 aromatic heterocycles. The van der Waals surface area contributed by atoms with Crippen LogP contribution in [0.25, 0.3) is 0 Å². The van der Waals surface area contributed by atoms with E-state index in [1.165, 1.54) is 5.56 Å². The predicted molar refractivity (Wildman–Crippen MR) is 57.9 cm³/mol. The van der Waals surface area contributed by atoms with Crippen LogP contribution in [0.3, 0.4) is 0 Å². The lowest BCUT2D eigenvalue weighted by Gasteiger charge is -2.24. The summed E-state index contributed by atoms with van der Waals surface area (Å²) in [5.74, 6) is 0.946. The van der Waals surface area contributed by atoms with Crippen molar-refractivity contribution >= 4 is 12.6 Å². The van der Waals surface area contributed by atoms with Crippen LogP contribution < -0.4 is 0 Å². The van der Waals surface area contributed by atoms with E-state index in [1.807, 2.05) is 0 Å². The summed E-state index contributed by atoms with van der Waals surface area (Å²) in [5.41, 5.74) is 1.67. The van der Waals surface area contributed by atoms with Crippen molar-refractivity contribution < 1.29 is 0 Å². The molecule has 0 N–H and O–H groups in total. The third kappa shape index (κ3) is 2.28. The van der Waals surface area contributed by atoms with Crippen molar-refractivity contribution in [3.63, 3.8) is 0 Å². The molecule has 0 amide bonds. The zero-order valence-corrected chi connectivity index (χ0v) is 8.64. The van der Waals surface area contributed by atoms with Crippen LogP contribution in [0.15, 0.2) is 30.3 Å². The van der Waals surface area contributed by atoms with E-state index in [0.29, 0.717) is 0 Å². The van der Waals surface area contributed by atoms with Crippen LogP contribution in [-0.2, 0) is 5.41 Å². The number of hydrogen-bond donors (Lipinski definition) is 1. The first-order chi connectivity index (χ1) is 5.67. The van der Waals surface area contributed by atoms with Crippen molar-refractivity contribution in [2.75, 3.05) is 5.75 Å². The van der Waals surface area contributed by atoms with Gasteiger partial charge in [0.15, 0.2) is 0 Å². The Kier molecular flexibility index (Phi) is 3.21. The maximum Gasteiger partial charge on any atom is -0.00896 e. The van der Waals surface area contributed by atoms with E-state index in [1.54, 1.807) is 0 Å². The minimum atomic E-state index is 0.267. The van der Waals surface area contributed by atoms with E-state index in [2.05, 4.69) is 56.8 Å². The zero-order chi connectivity index (χ0) is 9.03. The minimum absolute atomic E-state index is 0.267. The van der Waals surface area contributed by atoms with Gasteiger partial charge in [-0.05, 0) is 23.2 Å². The summed E-state index contributed by atoms with van der Waals surface area (Å²) in [6, 6.07) is 10.6. The molecule has 0 atom stereocenters. The van der Waals surface area contributed by atoms with Gasteiger partial charge < -0.3 is 0 Å². The van der Waals surface area contributed by atoms with Crippen LogP contribution >= 0.6 is 12.6 Å². The Morgan fingerprint density at radius 1 is 1.17 bits per heavy atom. The first kappa shape index (κ1) is 9.66. The summed E-state index contributed by atoms with van der Waals surface area (Å²) in [6.07, 6.45) is 1.13. The maximum absolute atomic E-state index is 4.26. The number of benzene rings is 1. The Bertz CT molecular complexity index is 226. The highest BCUT2D eigenvalue weighted by molar-refractivity contribution is 7.80. The van der Waals surface area contributed by atoms with Gasteiger partial charge in [0.1, 0.15) is 0 Å². The molecule has 0 aliphatic rings. The van der Waals surface area contributed by atoms with Gasteiger partial charge in [-0.1, -0.05) is 44.2 Å². The maximum atomic E-state index is 4.26. The van der Waals surface area contributed by atoms with Gasteiger partial charge in [-0.15, -0.1) is 0 Å². The van der Waals surface area contributed by atoms with Crippen molar-refractivity contribution in [3.8, 4) is 0 Å². The van der Waals surface area contributed by atoms with Crippen molar-refractivity contribution in [1.29, 1.82) is 0 Å². The number of thiol groups is 1. The molecule has 66 valence electrons. The third-order valence-corrected chi connectivity index (χ3v) is 2.52. The topological polar surface area (TPSA) is 0 Å². The monoisotopic (exact) mass is 180 g/mol. The molecule has 0 fully saturated rings. The molecule has 0 aliphatic carbocycles. The van der Waals surface area contributed by atoms with Crippen LogP contribution in [0.4, 0.5) is 0 Å². The Morgan fingerprint density at radius 2 is 1.75 bits per heavy atom. The lowest BCUT2D eigenvalue weighted by molar-refractivity contribution is 0.511. The molecule has 0 radical (unpaired) electrons. The van der Waals surface area contributed by atoms with Gasteiger partial charge in [0.05, 0.1) is 0 Å². The van der Waals surface area contributed by atoms with Gasteiger partial charge in [-0.2, -0.15) is 12.6 Å². The van der Waals surface area contributed by atoms with E-state index in [4.69, 9.17) is 0 Å². The van der Waals surface area contributed by atoms with Gasteiger partial charge in [-0.3, -0.25) is 0 Å². The smallest absolute Gasteiger partial charge is 0.00896 e. The van der Waals surface area contributed by atoms with Crippen molar-refractivity contribution in [2.45, 2.75) is 25.7 Å². The fraction of sp³-hybridized carbons (Fsp3) is 0.455. The fourth-order valence-electron chi connectivity index (χ4n) is 1.31. The first-order valence-electron chi connectivity index (χ1n) is 4.33. The largest absolute Gasteiger partial charge is 0.179 e. The van der Waals surface area contributed by atoms with E-state index in [-0.39, 0.29) is 5.41 Å². The van der Waals surface area contributed by atoms with Gasteiger partial charge >= 0.3 is 0 Å². The highest BCUT2D eigenvalue weighted by Gasteiger charge is 2.18. The minimum Gasteiger partial charge on any atom is -0.179 e. The zero-order valence-electron chi connectivity index (χ0n) is 7.75. The Balaban J connectivity index is 2.82. The summed E-state index contributed by atoms with van der Waals surface area (Å²) in [5, 5.41) is 0. The van der Waals surface area contributed by atoms with Gasteiger partial charge in [0, 0.05) is 0 Å². The highest BCUT2D eigenvalue weighted by Crippen LogP contribution is 2.26. The molecule has 0 aliphatic heterocycles. The van der Waals surface area contributed by atoms with Crippen LogP contribution in [0.1, 0.15) is 25.8 Å². The summed E-state index contributed by atoms with van der Waals surface area (Å²) in [4.78, 5) is 0. The van der Waals surface area contributed by atoms with Crippen molar-refractivity contribution in [1.82, 2.24) is 0 Å². The molecule has 1 heteroatoms. The van der Waals surface area contributed by atoms with E-state index in [0.717, 1.165) is 12.2 Å². The second kappa shape index (κ2) is 3.99. The van der Waals surface area contributed by atoms with Crippen LogP contribution in [0.5, 0.6) is 0 Å². The molecule has 0 saturated heterocycles. The summed E-state index contributed by atoms with van der Waals surface area (Å²) in [7, 11) is 0. The molecule has 0 bridgehead atoms. The van der Waals surface area contributed by atoms with Crippen molar-refractivity contribution in [3.05, 3.63) is 35.9 Å². The Morgan fingerprint density at radius 3 is 2.25 bits per heavy atom. The molecule has 0 nitrogen and oxygen atoms in total. The van der Waals surface area contributed by atoms with Gasteiger partial charge in [0.2, 0.25) is 0 Å². The molecular weight excluding hydrogens is 164 g/mol. The fourth-order valence-corrected chi connectivity index (χ4v) is 1.87. The Labute approximate surface area is 80.4 Å². The number of hydrogen-bond acceptors (Lipinski definition) is 1. The van der Waals surface area contributed by atoms with E-state index < -0.39 is 0 Å². The van der Waals surface area contributed by atoms with E-state index >= 15 is 0 Å². The molecule has 1 rings (SSSR count). The van der Waals surface area contributed by atoms with Gasteiger partial charge in [0.25, 0.3) is 0 Å². The van der Waals surface area contributed by atoms with Crippen LogP contribution in [-0.4, -0.2) is 5.75 Å². The first-order valence-corrected chi connectivity index (χ1v) is 4.96. The molecule has 0 spiro atoms. The summed E-state index contributed by atoms with van der Waals surface area (Å²) in [6.45, 7) is 4.52. The highest BCUT2D eigenvalue weighted by atomic mass is 32.1. The lowest BCUT2D eigenvalue weighted by Crippen LogP contribution is -2.17. The SMILES string of the molecule is CC(C)(CCS)c1ccccc1. The molecule has 0 unspecified atom stereocenters. The average Bonchev–Trinajstić information content (AvgIpc) is 2.06. The summed E-state index contributed by atoms with van der Waals surface area (Å²) >= 11 is 4.26. The molecule has 1 aromatic rings. The molecular formula is C11H16S. The standard InChI is InChI=1S/C11H16S/c1-11(2,8-9-12)10-6-4-3-5-7-10/h3-7,12H,8-9H2,1-2H3. The molecule has 0 heterocycles. The Hall–Kier alpha value is -0.430. The molecule has 1 aromatic carbocycles. The quantitative estimate of drug-likeness (QED) is 0.678. The second-order valence-corrected chi connectivity index (χ2v) is 4.17. The number of rotatable bonds is 3. The second-order valence-electron chi connectivity index (χ2n) is 3.72. The average molecular weight is 180 g/mol. The normalized spacial score (nSPS) is 11.6. The summed E-state index contributed by atoms with van der Waals surface area (Å²) < 4.78 is 0. The third-order valence-electron chi connectivity index (χ3n) is 2.29. The lowest BCUT2D eigenvalue weighted by atomic mass is 9.82. The predicted octanol–water partition coefficient (Wildman–Crippen LogP) is 3.28.